The number of amides is 2. The number of alkyl carbamates (subject to hydrolysis) is 1. The quantitative estimate of drug-likeness (QED) is 0.338. The van der Waals surface area contributed by atoms with E-state index in [-0.39, 0.29) is 18.8 Å². The van der Waals surface area contributed by atoms with Crippen LogP contribution in [0.4, 0.5) is 4.79 Å². The lowest BCUT2D eigenvalue weighted by molar-refractivity contribution is -0.123. The van der Waals surface area contributed by atoms with Gasteiger partial charge in [0, 0.05) is 6.42 Å². The van der Waals surface area contributed by atoms with Crippen molar-refractivity contribution in [2.75, 3.05) is 0 Å². The van der Waals surface area contributed by atoms with Crippen molar-refractivity contribution >= 4 is 39.3 Å². The average molecular weight is 488 g/mol. The van der Waals surface area contributed by atoms with Gasteiger partial charge >= 0.3 is 6.09 Å². The Morgan fingerprint density at radius 1 is 0.857 bits per heavy atom. The summed E-state index contributed by atoms with van der Waals surface area (Å²) in [5.41, 5.74) is 2.44. The van der Waals surface area contributed by atoms with Gasteiger partial charge in [0.05, 0.1) is 16.3 Å². The largest absolute Gasteiger partial charge is 0.445 e. The topological polar surface area (TPSA) is 97.4 Å². The lowest BCUT2D eigenvalue weighted by Gasteiger charge is -2.20. The van der Waals surface area contributed by atoms with Gasteiger partial charge in [-0.25, -0.2) is 9.78 Å². The summed E-state index contributed by atoms with van der Waals surface area (Å²) in [6.07, 6.45) is -0.468. The molecule has 0 spiro atoms. The summed E-state index contributed by atoms with van der Waals surface area (Å²) >= 11 is 1.29. The van der Waals surface area contributed by atoms with E-state index in [0.717, 1.165) is 21.3 Å². The molecule has 4 rings (SSSR count). The number of aromatic nitrogens is 1. The Morgan fingerprint density at radius 2 is 1.49 bits per heavy atom. The molecule has 178 valence electrons. The summed E-state index contributed by atoms with van der Waals surface area (Å²) in [5, 5.41) is 5.70. The molecule has 0 bridgehead atoms. The monoisotopic (exact) mass is 487 g/mol. The normalized spacial score (nSPS) is 12.5. The lowest BCUT2D eigenvalue weighted by Crippen LogP contribution is -2.51. The maximum atomic E-state index is 13.1. The van der Waals surface area contributed by atoms with Crippen molar-refractivity contribution in [2.45, 2.75) is 32.0 Å². The fourth-order valence-electron chi connectivity index (χ4n) is 3.51. The predicted octanol–water partition coefficient (Wildman–Crippen LogP) is 4.52. The molecule has 7 nitrogen and oxygen atoms in total. The number of fused-ring (bicyclic) bond motifs is 1. The molecule has 2 atom stereocenters. The van der Waals surface area contributed by atoms with Crippen LogP contribution in [0.3, 0.4) is 0 Å². The average Bonchev–Trinajstić information content (AvgIpc) is 3.32. The number of carbonyl (C=O) groups is 3. The van der Waals surface area contributed by atoms with E-state index in [1.54, 1.807) is 6.92 Å². The van der Waals surface area contributed by atoms with Crippen LogP contribution < -0.4 is 10.6 Å². The highest BCUT2D eigenvalue weighted by Gasteiger charge is 2.27. The Bertz CT molecular complexity index is 1270. The first kappa shape index (κ1) is 24.1. The number of hydrogen-bond donors (Lipinski definition) is 2. The zero-order valence-corrected chi connectivity index (χ0v) is 20.0. The summed E-state index contributed by atoms with van der Waals surface area (Å²) < 4.78 is 6.20. The van der Waals surface area contributed by atoms with Crippen LogP contribution in [0.5, 0.6) is 0 Å². The summed E-state index contributed by atoms with van der Waals surface area (Å²) in [4.78, 5) is 42.9. The smallest absolute Gasteiger partial charge is 0.408 e. The Labute approximate surface area is 207 Å². The minimum absolute atomic E-state index is 0.0822. The molecule has 0 radical (unpaired) electrons. The summed E-state index contributed by atoms with van der Waals surface area (Å²) in [6.45, 7) is 1.69. The van der Waals surface area contributed by atoms with Crippen LogP contribution in [0.15, 0.2) is 84.9 Å². The van der Waals surface area contributed by atoms with E-state index in [0.29, 0.717) is 5.01 Å². The van der Waals surface area contributed by atoms with Crippen molar-refractivity contribution < 1.29 is 19.1 Å². The van der Waals surface area contributed by atoms with E-state index < -0.39 is 24.1 Å². The van der Waals surface area contributed by atoms with E-state index >= 15 is 0 Å². The number of rotatable bonds is 9. The maximum absolute atomic E-state index is 13.1. The summed E-state index contributed by atoms with van der Waals surface area (Å²) in [7, 11) is 0. The molecule has 1 aromatic heterocycles. The first-order chi connectivity index (χ1) is 17.0. The zero-order chi connectivity index (χ0) is 24.6. The van der Waals surface area contributed by atoms with Crippen molar-refractivity contribution in [2.24, 2.45) is 0 Å². The van der Waals surface area contributed by atoms with E-state index in [2.05, 4.69) is 15.6 Å². The third kappa shape index (κ3) is 6.51. The van der Waals surface area contributed by atoms with E-state index in [4.69, 9.17) is 4.74 Å². The first-order valence-corrected chi connectivity index (χ1v) is 12.0. The molecule has 1 heterocycles. The SMILES string of the molecule is C[C@H](NC(=O)[C@H](Cc1ccccc1)NC(=O)OCc1ccccc1)C(=O)c1nc2ccccc2s1. The highest BCUT2D eigenvalue weighted by molar-refractivity contribution is 7.20. The Kier molecular flexibility index (Phi) is 7.84. The molecular formula is C27H25N3O4S. The zero-order valence-electron chi connectivity index (χ0n) is 19.1. The highest BCUT2D eigenvalue weighted by atomic mass is 32.1. The molecule has 0 fully saturated rings. The number of carbonyl (C=O) groups excluding carboxylic acids is 3. The number of thiazole rings is 1. The third-order valence-electron chi connectivity index (χ3n) is 5.36. The molecule has 0 aliphatic rings. The maximum Gasteiger partial charge on any atom is 0.408 e. The van der Waals surface area contributed by atoms with Crippen molar-refractivity contribution in [1.82, 2.24) is 15.6 Å². The highest BCUT2D eigenvalue weighted by Crippen LogP contribution is 2.22. The van der Waals surface area contributed by atoms with Gasteiger partial charge in [0.2, 0.25) is 11.7 Å². The number of hydrogen-bond acceptors (Lipinski definition) is 6. The summed E-state index contributed by atoms with van der Waals surface area (Å²) in [6, 6.07) is 24.3. The fourth-order valence-corrected chi connectivity index (χ4v) is 4.50. The number of nitrogens with zero attached hydrogens (tertiary/aromatic N) is 1. The van der Waals surface area contributed by atoms with Crippen LogP contribution in [0, 0.1) is 0 Å². The fraction of sp³-hybridized carbons (Fsp3) is 0.185. The molecule has 2 amide bonds. The molecular weight excluding hydrogens is 462 g/mol. The second kappa shape index (κ2) is 11.4. The van der Waals surface area contributed by atoms with Crippen LogP contribution in [0.1, 0.15) is 27.9 Å². The lowest BCUT2D eigenvalue weighted by atomic mass is 10.0. The van der Waals surface area contributed by atoms with Crippen LogP contribution in [-0.2, 0) is 22.6 Å². The minimum atomic E-state index is -0.925. The van der Waals surface area contributed by atoms with Crippen LogP contribution in [0.25, 0.3) is 10.2 Å². The Balaban J connectivity index is 1.42. The summed E-state index contributed by atoms with van der Waals surface area (Å²) in [5.74, 6) is -0.767. The molecule has 2 N–H and O–H groups in total. The Morgan fingerprint density at radius 3 is 2.17 bits per heavy atom. The van der Waals surface area contributed by atoms with Gasteiger partial charge in [-0.15, -0.1) is 11.3 Å². The number of Topliss-reactive ketones (excluding diaryl/α,β-unsaturated/α-hetero) is 1. The van der Waals surface area contributed by atoms with Gasteiger partial charge < -0.3 is 15.4 Å². The standard InChI is InChI=1S/C27H25N3O4S/c1-18(24(31)26-29-21-14-8-9-15-23(21)35-26)28-25(32)22(16-19-10-4-2-5-11-19)30-27(33)34-17-20-12-6-3-7-13-20/h2-15,18,22H,16-17H2,1H3,(H,28,32)(H,30,33)/t18-,22-/m0/s1. The van der Waals surface area contributed by atoms with E-state index in [1.807, 2.05) is 84.9 Å². The second-order valence-electron chi connectivity index (χ2n) is 8.03. The van der Waals surface area contributed by atoms with Crippen molar-refractivity contribution in [3.8, 4) is 0 Å². The number of ether oxygens (including phenoxy) is 1. The van der Waals surface area contributed by atoms with Gasteiger partial charge in [-0.3, -0.25) is 9.59 Å². The van der Waals surface area contributed by atoms with Gasteiger partial charge in [0.1, 0.15) is 12.6 Å². The predicted molar refractivity (Wildman–Crippen MR) is 135 cm³/mol. The molecule has 0 saturated carbocycles. The van der Waals surface area contributed by atoms with Crippen LogP contribution >= 0.6 is 11.3 Å². The van der Waals surface area contributed by atoms with Crippen LogP contribution in [-0.4, -0.2) is 34.9 Å². The van der Waals surface area contributed by atoms with Gasteiger partial charge in [-0.05, 0) is 30.2 Å². The minimum Gasteiger partial charge on any atom is -0.445 e. The molecule has 0 saturated heterocycles. The van der Waals surface area contributed by atoms with E-state index in [1.165, 1.54) is 11.3 Å². The van der Waals surface area contributed by atoms with Crippen molar-refractivity contribution in [3.63, 3.8) is 0 Å². The number of ketones is 1. The van der Waals surface area contributed by atoms with Crippen molar-refractivity contribution in [3.05, 3.63) is 101 Å². The molecule has 35 heavy (non-hydrogen) atoms. The molecule has 4 aromatic rings. The molecule has 0 aliphatic carbocycles. The van der Waals surface area contributed by atoms with Crippen molar-refractivity contribution in [1.29, 1.82) is 0 Å². The number of para-hydroxylation sites is 1. The van der Waals surface area contributed by atoms with Gasteiger partial charge in [-0.1, -0.05) is 72.8 Å². The van der Waals surface area contributed by atoms with Gasteiger partial charge in [0.25, 0.3) is 0 Å². The molecule has 0 aliphatic heterocycles. The van der Waals surface area contributed by atoms with Gasteiger partial charge in [-0.2, -0.15) is 0 Å². The van der Waals surface area contributed by atoms with Crippen LogP contribution in [0.2, 0.25) is 0 Å². The Hall–Kier alpha value is -4.04. The second-order valence-corrected chi connectivity index (χ2v) is 9.06. The van der Waals surface area contributed by atoms with Gasteiger partial charge in [0.15, 0.2) is 5.01 Å². The third-order valence-corrected chi connectivity index (χ3v) is 6.41. The van der Waals surface area contributed by atoms with E-state index in [9.17, 15) is 14.4 Å². The number of benzene rings is 3. The number of nitrogens with one attached hydrogen (secondary N) is 2. The molecule has 3 aromatic carbocycles. The first-order valence-electron chi connectivity index (χ1n) is 11.2. The molecule has 8 heteroatoms. The molecule has 0 unspecified atom stereocenters.